The van der Waals surface area contributed by atoms with Crippen molar-refractivity contribution >= 4 is 0 Å². The molecule has 0 spiro atoms. The van der Waals surface area contributed by atoms with Gasteiger partial charge in [0.2, 0.25) is 0 Å². The molecule has 0 radical (unpaired) electrons. The van der Waals surface area contributed by atoms with Crippen LogP contribution in [-0.2, 0) is 6.54 Å². The molecule has 0 amide bonds. The lowest BCUT2D eigenvalue weighted by molar-refractivity contribution is 0.458. The van der Waals surface area contributed by atoms with E-state index < -0.39 is 0 Å². The predicted octanol–water partition coefficient (Wildman–Crippen LogP) is 4.73. The largest absolute Gasteiger partial charge is 0.457 e. The molecule has 112 valence electrons. The van der Waals surface area contributed by atoms with Crippen molar-refractivity contribution in [1.82, 2.24) is 5.32 Å². The first-order valence-corrected chi connectivity index (χ1v) is 7.35. The molecule has 2 aromatic rings. The van der Waals surface area contributed by atoms with E-state index in [9.17, 15) is 4.39 Å². The van der Waals surface area contributed by atoms with E-state index in [-0.39, 0.29) is 5.82 Å². The first kappa shape index (κ1) is 15.5. The van der Waals surface area contributed by atoms with Crippen molar-refractivity contribution < 1.29 is 9.13 Å². The third-order valence-electron chi connectivity index (χ3n) is 3.37. The van der Waals surface area contributed by atoms with E-state index in [2.05, 4.69) is 12.2 Å². The van der Waals surface area contributed by atoms with Gasteiger partial charge in [0.15, 0.2) is 0 Å². The Labute approximate surface area is 126 Å². The molecule has 2 nitrogen and oxygen atoms in total. The molecular formula is C18H22FNO. The minimum atomic E-state index is -0.235. The molecule has 1 N–H and O–H groups in total. The number of rotatable bonds is 6. The van der Waals surface area contributed by atoms with Crippen LogP contribution in [-0.4, -0.2) is 6.54 Å². The molecule has 0 saturated carbocycles. The lowest BCUT2D eigenvalue weighted by Gasteiger charge is -2.14. The molecule has 2 aromatic carbocycles. The van der Waals surface area contributed by atoms with Crippen LogP contribution in [0.4, 0.5) is 4.39 Å². The Morgan fingerprint density at radius 2 is 1.90 bits per heavy atom. The van der Waals surface area contributed by atoms with Crippen LogP contribution in [0.1, 0.15) is 30.0 Å². The van der Waals surface area contributed by atoms with Crippen LogP contribution in [0.15, 0.2) is 36.4 Å². The van der Waals surface area contributed by atoms with Crippen molar-refractivity contribution in [2.75, 3.05) is 6.54 Å². The average molecular weight is 287 g/mol. The lowest BCUT2D eigenvalue weighted by atomic mass is 10.1. The number of hydrogen-bond donors (Lipinski definition) is 1. The first-order valence-electron chi connectivity index (χ1n) is 7.35. The second-order valence-corrected chi connectivity index (χ2v) is 5.26. The lowest BCUT2D eigenvalue weighted by Crippen LogP contribution is -2.15. The van der Waals surface area contributed by atoms with Crippen LogP contribution in [0.3, 0.4) is 0 Å². The molecule has 0 unspecified atom stereocenters. The van der Waals surface area contributed by atoms with Crippen LogP contribution in [0.25, 0.3) is 0 Å². The number of hydrogen-bond acceptors (Lipinski definition) is 2. The van der Waals surface area contributed by atoms with E-state index in [0.29, 0.717) is 17.9 Å². The van der Waals surface area contributed by atoms with E-state index in [1.54, 1.807) is 6.07 Å². The van der Waals surface area contributed by atoms with Crippen molar-refractivity contribution in [3.05, 3.63) is 58.9 Å². The summed E-state index contributed by atoms with van der Waals surface area (Å²) in [7, 11) is 0. The maximum atomic E-state index is 14.0. The zero-order chi connectivity index (χ0) is 15.2. The monoisotopic (exact) mass is 287 g/mol. The Kier molecular flexibility index (Phi) is 5.34. The average Bonchev–Trinajstić information content (AvgIpc) is 2.46. The van der Waals surface area contributed by atoms with E-state index in [1.165, 1.54) is 6.07 Å². The van der Waals surface area contributed by atoms with Gasteiger partial charge in [-0.1, -0.05) is 25.1 Å². The molecule has 0 bridgehead atoms. The summed E-state index contributed by atoms with van der Waals surface area (Å²) in [6.45, 7) is 7.42. The molecule has 0 fully saturated rings. The van der Waals surface area contributed by atoms with Gasteiger partial charge in [0.25, 0.3) is 0 Å². The Hall–Kier alpha value is -1.87. The molecule has 0 aliphatic heterocycles. The van der Waals surface area contributed by atoms with Crippen molar-refractivity contribution in [2.24, 2.45) is 0 Å². The Morgan fingerprint density at radius 1 is 1.10 bits per heavy atom. The minimum Gasteiger partial charge on any atom is -0.457 e. The SMILES string of the molecule is CCCNCc1c(F)cccc1Oc1cc(C)ccc1C. The van der Waals surface area contributed by atoms with Crippen molar-refractivity contribution in [3.8, 4) is 11.5 Å². The fourth-order valence-corrected chi connectivity index (χ4v) is 2.13. The highest BCUT2D eigenvalue weighted by atomic mass is 19.1. The summed E-state index contributed by atoms with van der Waals surface area (Å²) in [5.74, 6) is 1.12. The van der Waals surface area contributed by atoms with E-state index in [1.807, 2.05) is 38.1 Å². The van der Waals surface area contributed by atoms with Gasteiger partial charge in [-0.05, 0) is 56.1 Å². The highest BCUT2D eigenvalue weighted by molar-refractivity contribution is 5.43. The van der Waals surface area contributed by atoms with Crippen LogP contribution >= 0.6 is 0 Å². The summed E-state index contributed by atoms with van der Waals surface area (Å²) in [6, 6.07) is 11.0. The van der Waals surface area contributed by atoms with Crippen molar-refractivity contribution in [2.45, 2.75) is 33.7 Å². The molecule has 0 heterocycles. The Bertz CT molecular complexity index is 610. The number of benzene rings is 2. The number of nitrogens with one attached hydrogen (secondary N) is 1. The molecule has 0 saturated heterocycles. The van der Waals surface area contributed by atoms with Gasteiger partial charge in [0.1, 0.15) is 17.3 Å². The van der Waals surface area contributed by atoms with Gasteiger partial charge >= 0.3 is 0 Å². The summed E-state index contributed by atoms with van der Waals surface area (Å²) in [6.07, 6.45) is 1.02. The molecule has 0 atom stereocenters. The van der Waals surface area contributed by atoms with Crippen LogP contribution in [0, 0.1) is 19.7 Å². The zero-order valence-corrected chi connectivity index (χ0v) is 12.9. The third-order valence-corrected chi connectivity index (χ3v) is 3.37. The normalized spacial score (nSPS) is 10.7. The topological polar surface area (TPSA) is 21.3 Å². The maximum absolute atomic E-state index is 14.0. The molecule has 2 rings (SSSR count). The predicted molar refractivity (Wildman–Crippen MR) is 84.4 cm³/mol. The van der Waals surface area contributed by atoms with Crippen LogP contribution in [0.2, 0.25) is 0 Å². The molecule has 0 aliphatic carbocycles. The molecular weight excluding hydrogens is 265 g/mol. The number of aryl methyl sites for hydroxylation is 2. The van der Waals surface area contributed by atoms with Gasteiger partial charge < -0.3 is 10.1 Å². The fraction of sp³-hybridized carbons (Fsp3) is 0.333. The summed E-state index contributed by atoms with van der Waals surface area (Å²) < 4.78 is 20.0. The Balaban J connectivity index is 2.26. The molecule has 0 aliphatic rings. The highest BCUT2D eigenvalue weighted by Crippen LogP contribution is 2.30. The summed E-state index contributed by atoms with van der Waals surface area (Å²) in [4.78, 5) is 0. The molecule has 0 aromatic heterocycles. The summed E-state index contributed by atoms with van der Waals surface area (Å²) in [5, 5.41) is 3.22. The summed E-state index contributed by atoms with van der Waals surface area (Å²) in [5.41, 5.74) is 2.74. The molecule has 3 heteroatoms. The standard InChI is InChI=1S/C18H22FNO/c1-4-10-20-12-15-16(19)6-5-7-17(15)21-18-11-13(2)8-9-14(18)3/h5-9,11,20H,4,10,12H2,1-3H3. The highest BCUT2D eigenvalue weighted by Gasteiger charge is 2.11. The summed E-state index contributed by atoms with van der Waals surface area (Å²) >= 11 is 0. The Morgan fingerprint density at radius 3 is 2.67 bits per heavy atom. The van der Waals surface area contributed by atoms with Gasteiger partial charge in [0.05, 0.1) is 0 Å². The van der Waals surface area contributed by atoms with Crippen LogP contribution in [0.5, 0.6) is 11.5 Å². The van der Waals surface area contributed by atoms with Crippen LogP contribution < -0.4 is 10.1 Å². The van der Waals surface area contributed by atoms with Gasteiger partial charge in [-0.15, -0.1) is 0 Å². The second-order valence-electron chi connectivity index (χ2n) is 5.26. The van der Waals surface area contributed by atoms with Gasteiger partial charge in [-0.3, -0.25) is 0 Å². The fourth-order valence-electron chi connectivity index (χ4n) is 2.13. The molecule has 21 heavy (non-hydrogen) atoms. The van der Waals surface area contributed by atoms with Gasteiger partial charge in [0, 0.05) is 12.1 Å². The van der Waals surface area contributed by atoms with Gasteiger partial charge in [-0.2, -0.15) is 0 Å². The minimum absolute atomic E-state index is 0.235. The number of halogens is 1. The zero-order valence-electron chi connectivity index (χ0n) is 12.9. The first-order chi connectivity index (χ1) is 10.1. The quantitative estimate of drug-likeness (QED) is 0.775. The van der Waals surface area contributed by atoms with Crippen molar-refractivity contribution in [1.29, 1.82) is 0 Å². The van der Waals surface area contributed by atoms with E-state index in [4.69, 9.17) is 4.74 Å². The van der Waals surface area contributed by atoms with Crippen molar-refractivity contribution in [3.63, 3.8) is 0 Å². The van der Waals surface area contributed by atoms with Gasteiger partial charge in [-0.25, -0.2) is 4.39 Å². The smallest absolute Gasteiger partial charge is 0.134 e. The third kappa shape index (κ3) is 4.05. The maximum Gasteiger partial charge on any atom is 0.134 e. The number of ether oxygens (including phenoxy) is 1. The second kappa shape index (κ2) is 7.23. The van der Waals surface area contributed by atoms with E-state index in [0.717, 1.165) is 29.8 Å². The van der Waals surface area contributed by atoms with E-state index >= 15 is 0 Å².